The van der Waals surface area contributed by atoms with E-state index >= 15 is 0 Å². The van der Waals surface area contributed by atoms with Crippen molar-refractivity contribution < 1.29 is 9.90 Å². The molecule has 2 unspecified atom stereocenters. The largest absolute Gasteiger partial charge is 0.393 e. The maximum Gasteiger partial charge on any atom is 0.242 e. The minimum atomic E-state index is -0.397. The van der Waals surface area contributed by atoms with E-state index in [1.54, 1.807) is 11.8 Å². The van der Waals surface area contributed by atoms with Gasteiger partial charge in [-0.05, 0) is 46.1 Å². The molecule has 1 saturated heterocycles. The second-order valence-electron chi connectivity index (χ2n) is 5.08. The van der Waals surface area contributed by atoms with Gasteiger partial charge in [0, 0.05) is 13.6 Å². The standard InChI is InChI=1S/C12H24N2O2/c1-10(15)6-9-14(3)11(16)12(2)7-4-5-8-13-12/h10,13,15H,4-9H2,1-3H3. The molecule has 0 aliphatic carbocycles. The van der Waals surface area contributed by atoms with E-state index in [-0.39, 0.29) is 12.0 Å². The van der Waals surface area contributed by atoms with Crippen molar-refractivity contribution in [1.82, 2.24) is 10.2 Å². The van der Waals surface area contributed by atoms with Crippen LogP contribution in [0.2, 0.25) is 0 Å². The van der Waals surface area contributed by atoms with Crippen LogP contribution in [0.3, 0.4) is 0 Å². The lowest BCUT2D eigenvalue weighted by Crippen LogP contribution is -2.57. The van der Waals surface area contributed by atoms with Crippen LogP contribution in [0.1, 0.15) is 39.5 Å². The number of nitrogens with zero attached hydrogens (tertiary/aromatic N) is 1. The van der Waals surface area contributed by atoms with Crippen molar-refractivity contribution in [2.24, 2.45) is 0 Å². The van der Waals surface area contributed by atoms with Gasteiger partial charge >= 0.3 is 0 Å². The molecule has 0 aromatic rings. The first-order chi connectivity index (χ1) is 7.46. The summed E-state index contributed by atoms with van der Waals surface area (Å²) in [6.45, 7) is 5.27. The van der Waals surface area contributed by atoms with E-state index < -0.39 is 5.54 Å². The SMILES string of the molecule is CC(O)CCN(C)C(=O)C1(C)CCCCN1. The van der Waals surface area contributed by atoms with E-state index in [1.165, 1.54) is 0 Å². The first kappa shape index (κ1) is 13.5. The maximum absolute atomic E-state index is 12.2. The fraction of sp³-hybridized carbons (Fsp3) is 0.917. The number of likely N-dealkylation sites (N-methyl/N-ethyl adjacent to an activating group) is 1. The quantitative estimate of drug-likeness (QED) is 0.746. The molecular weight excluding hydrogens is 204 g/mol. The molecule has 4 nitrogen and oxygen atoms in total. The normalized spacial score (nSPS) is 27.5. The molecule has 0 radical (unpaired) electrons. The third-order valence-electron chi connectivity index (χ3n) is 3.32. The third kappa shape index (κ3) is 3.46. The van der Waals surface area contributed by atoms with E-state index in [4.69, 9.17) is 0 Å². The van der Waals surface area contributed by atoms with Crippen molar-refractivity contribution in [3.63, 3.8) is 0 Å². The van der Waals surface area contributed by atoms with Gasteiger partial charge in [0.05, 0.1) is 11.6 Å². The van der Waals surface area contributed by atoms with Gasteiger partial charge in [-0.2, -0.15) is 0 Å². The summed E-state index contributed by atoms with van der Waals surface area (Å²) in [6.07, 6.45) is 3.46. The second kappa shape index (κ2) is 5.64. The predicted molar refractivity (Wildman–Crippen MR) is 64.2 cm³/mol. The number of carbonyl (C=O) groups excluding carboxylic acids is 1. The van der Waals surface area contributed by atoms with E-state index in [0.29, 0.717) is 13.0 Å². The molecule has 1 aliphatic rings. The Hall–Kier alpha value is -0.610. The highest BCUT2D eigenvalue weighted by Crippen LogP contribution is 2.20. The number of piperidine rings is 1. The number of rotatable bonds is 4. The summed E-state index contributed by atoms with van der Waals surface area (Å²) in [5, 5.41) is 12.5. The number of aliphatic hydroxyl groups is 1. The molecule has 0 spiro atoms. The molecule has 1 amide bonds. The van der Waals surface area contributed by atoms with Crippen LogP contribution in [0.5, 0.6) is 0 Å². The van der Waals surface area contributed by atoms with E-state index in [2.05, 4.69) is 5.32 Å². The zero-order valence-electron chi connectivity index (χ0n) is 10.6. The van der Waals surface area contributed by atoms with Crippen LogP contribution in [0.15, 0.2) is 0 Å². The van der Waals surface area contributed by atoms with Gasteiger partial charge in [-0.3, -0.25) is 4.79 Å². The fourth-order valence-corrected chi connectivity index (χ4v) is 2.14. The molecule has 2 N–H and O–H groups in total. The Kier molecular flexibility index (Phi) is 4.74. The topological polar surface area (TPSA) is 52.6 Å². The van der Waals surface area contributed by atoms with Gasteiger partial charge in [-0.15, -0.1) is 0 Å². The second-order valence-corrected chi connectivity index (χ2v) is 5.08. The Morgan fingerprint density at radius 3 is 2.75 bits per heavy atom. The summed E-state index contributed by atoms with van der Waals surface area (Å²) in [4.78, 5) is 13.9. The van der Waals surface area contributed by atoms with Gasteiger partial charge in [0.15, 0.2) is 0 Å². The third-order valence-corrected chi connectivity index (χ3v) is 3.32. The van der Waals surface area contributed by atoms with E-state index in [1.807, 2.05) is 14.0 Å². The van der Waals surface area contributed by atoms with Crippen LogP contribution in [0.4, 0.5) is 0 Å². The van der Waals surface area contributed by atoms with Crippen molar-refractivity contribution in [1.29, 1.82) is 0 Å². The zero-order valence-corrected chi connectivity index (χ0v) is 10.6. The monoisotopic (exact) mass is 228 g/mol. The Bertz CT molecular complexity index is 235. The van der Waals surface area contributed by atoms with E-state index in [9.17, 15) is 9.90 Å². The number of aliphatic hydroxyl groups excluding tert-OH is 1. The molecule has 0 saturated carbocycles. The summed E-state index contributed by atoms with van der Waals surface area (Å²) in [5.74, 6) is 0.146. The van der Waals surface area contributed by atoms with Crippen LogP contribution in [0, 0.1) is 0 Å². The Morgan fingerprint density at radius 2 is 2.25 bits per heavy atom. The van der Waals surface area contributed by atoms with Crippen molar-refractivity contribution in [3.8, 4) is 0 Å². The first-order valence-electron chi connectivity index (χ1n) is 6.14. The zero-order chi connectivity index (χ0) is 12.2. The molecule has 94 valence electrons. The highest BCUT2D eigenvalue weighted by atomic mass is 16.3. The van der Waals surface area contributed by atoms with Crippen molar-refractivity contribution in [3.05, 3.63) is 0 Å². The molecular formula is C12H24N2O2. The molecule has 1 fully saturated rings. The first-order valence-corrected chi connectivity index (χ1v) is 6.14. The van der Waals surface area contributed by atoms with Crippen LogP contribution >= 0.6 is 0 Å². The number of hydrogen-bond donors (Lipinski definition) is 2. The number of carbonyl (C=O) groups is 1. The molecule has 1 rings (SSSR count). The number of nitrogens with one attached hydrogen (secondary N) is 1. The summed E-state index contributed by atoms with van der Waals surface area (Å²) < 4.78 is 0. The van der Waals surface area contributed by atoms with Crippen LogP contribution in [-0.4, -0.2) is 47.7 Å². The van der Waals surface area contributed by atoms with E-state index in [0.717, 1.165) is 25.8 Å². The van der Waals surface area contributed by atoms with Crippen molar-refractivity contribution >= 4 is 5.91 Å². The summed E-state index contributed by atoms with van der Waals surface area (Å²) in [6, 6.07) is 0. The maximum atomic E-state index is 12.2. The Morgan fingerprint density at radius 1 is 1.56 bits per heavy atom. The summed E-state index contributed by atoms with van der Waals surface area (Å²) in [7, 11) is 1.81. The molecule has 0 aromatic carbocycles. The minimum Gasteiger partial charge on any atom is -0.393 e. The molecule has 1 aliphatic heterocycles. The molecule has 0 bridgehead atoms. The molecule has 2 atom stereocenters. The van der Waals surface area contributed by atoms with Gasteiger partial charge in [0.1, 0.15) is 0 Å². The molecule has 1 heterocycles. The van der Waals surface area contributed by atoms with Crippen molar-refractivity contribution in [2.45, 2.75) is 51.2 Å². The fourth-order valence-electron chi connectivity index (χ4n) is 2.14. The lowest BCUT2D eigenvalue weighted by molar-refractivity contribution is -0.137. The molecule has 16 heavy (non-hydrogen) atoms. The Balaban J connectivity index is 2.48. The van der Waals surface area contributed by atoms with Crippen molar-refractivity contribution in [2.75, 3.05) is 20.1 Å². The predicted octanol–water partition coefficient (Wildman–Crippen LogP) is 0.748. The molecule has 0 aromatic heterocycles. The van der Waals surface area contributed by atoms with Crippen LogP contribution < -0.4 is 5.32 Å². The number of amides is 1. The smallest absolute Gasteiger partial charge is 0.242 e. The average Bonchev–Trinajstić information content (AvgIpc) is 2.25. The highest BCUT2D eigenvalue weighted by molar-refractivity contribution is 5.85. The molecule has 4 heteroatoms. The summed E-state index contributed by atoms with van der Waals surface area (Å²) >= 11 is 0. The van der Waals surface area contributed by atoms with Gasteiger partial charge in [-0.25, -0.2) is 0 Å². The summed E-state index contributed by atoms with van der Waals surface area (Å²) in [5.41, 5.74) is -0.397. The van der Waals surface area contributed by atoms with Gasteiger partial charge < -0.3 is 15.3 Å². The lowest BCUT2D eigenvalue weighted by Gasteiger charge is -2.36. The van der Waals surface area contributed by atoms with Crippen LogP contribution in [0.25, 0.3) is 0 Å². The average molecular weight is 228 g/mol. The number of hydrogen-bond acceptors (Lipinski definition) is 3. The van der Waals surface area contributed by atoms with Crippen LogP contribution in [-0.2, 0) is 4.79 Å². The van der Waals surface area contributed by atoms with Gasteiger partial charge in [-0.1, -0.05) is 0 Å². The van der Waals surface area contributed by atoms with Gasteiger partial charge in [0.25, 0.3) is 0 Å². The van der Waals surface area contributed by atoms with Gasteiger partial charge in [0.2, 0.25) is 5.91 Å². The lowest BCUT2D eigenvalue weighted by atomic mass is 9.89. The highest BCUT2D eigenvalue weighted by Gasteiger charge is 2.36. The Labute approximate surface area is 98.0 Å². The minimum absolute atomic E-state index is 0.146.